The van der Waals surface area contributed by atoms with E-state index in [0.29, 0.717) is 0 Å². The third-order valence-electron chi connectivity index (χ3n) is 5.86. The average molecular weight is 465 g/mol. The van der Waals surface area contributed by atoms with Gasteiger partial charge in [-0.25, -0.2) is 0 Å². The van der Waals surface area contributed by atoms with Crippen LogP contribution in [0.2, 0.25) is 0 Å². The zero-order valence-corrected chi connectivity index (χ0v) is 25.5. The Labute approximate surface area is 213 Å². The summed E-state index contributed by atoms with van der Waals surface area (Å²) in [4.78, 5) is 0. The monoisotopic (exact) mass is 465 g/mol. The Morgan fingerprint density at radius 2 is 1.00 bits per heavy atom. The summed E-state index contributed by atoms with van der Waals surface area (Å²) in [6.45, 7) is 24.3. The lowest BCUT2D eigenvalue weighted by Gasteiger charge is -1.96. The number of unbranched alkanes of at least 4 members (excludes halogenated alkanes) is 8. The van der Waals surface area contributed by atoms with Gasteiger partial charge in [0.25, 0.3) is 0 Å². The standard InChI is InChI=1S/C9H20.3C8H16/c1-3-5-7-9-8-6-4-2;2*1-4-6-7-8(3)5-2;1-4-7-8(5-2)6-3/h3-9H2,1-2H3;7H,4-6H2,1-3H3;5H,4,6-7H2,1-3H3;7H,4-6H2,1-3H3. The Morgan fingerprint density at radius 1 is 0.515 bits per heavy atom. The van der Waals surface area contributed by atoms with Gasteiger partial charge in [-0.1, -0.05) is 148 Å². The minimum atomic E-state index is 1.19. The second-order valence-corrected chi connectivity index (χ2v) is 9.18. The smallest absolute Gasteiger partial charge is 0.0323 e. The van der Waals surface area contributed by atoms with Crippen LogP contribution in [0.1, 0.15) is 179 Å². The molecule has 0 atom stereocenters. The van der Waals surface area contributed by atoms with Gasteiger partial charge in [-0.2, -0.15) is 0 Å². The Morgan fingerprint density at radius 3 is 1.30 bits per heavy atom. The highest BCUT2D eigenvalue weighted by atomic mass is 13.9. The number of hydrogen-bond acceptors (Lipinski definition) is 0. The lowest BCUT2D eigenvalue weighted by Crippen LogP contribution is -1.76. The van der Waals surface area contributed by atoms with E-state index in [9.17, 15) is 0 Å². The fourth-order valence-electron chi connectivity index (χ4n) is 2.99. The molecule has 0 aromatic heterocycles. The SMILES string of the molecule is CC=C(C)CCCC.CCC=C(CC)CC.CCCC=C(C)CC.CCCCCCCCC. The van der Waals surface area contributed by atoms with E-state index in [2.05, 4.69) is 94.4 Å². The van der Waals surface area contributed by atoms with E-state index in [1.54, 1.807) is 5.57 Å². The van der Waals surface area contributed by atoms with Crippen LogP contribution >= 0.6 is 0 Å². The van der Waals surface area contributed by atoms with Gasteiger partial charge < -0.3 is 0 Å². The van der Waals surface area contributed by atoms with Crippen LogP contribution in [0.3, 0.4) is 0 Å². The highest BCUT2D eigenvalue weighted by Crippen LogP contribution is 2.06. The Kier molecular flexibility index (Phi) is 46.0. The summed E-state index contributed by atoms with van der Waals surface area (Å²) < 4.78 is 0. The predicted molar refractivity (Wildman–Crippen MR) is 161 cm³/mol. The van der Waals surface area contributed by atoms with Gasteiger partial charge in [0, 0.05) is 0 Å². The van der Waals surface area contributed by atoms with Gasteiger partial charge in [-0.3, -0.25) is 0 Å². The van der Waals surface area contributed by atoms with Crippen molar-refractivity contribution in [2.45, 2.75) is 179 Å². The second kappa shape index (κ2) is 38.5. The molecule has 0 radical (unpaired) electrons. The third-order valence-corrected chi connectivity index (χ3v) is 5.86. The van der Waals surface area contributed by atoms with Gasteiger partial charge >= 0.3 is 0 Å². The maximum absolute atomic E-state index is 2.32. The molecule has 33 heavy (non-hydrogen) atoms. The Hall–Kier alpha value is -0.780. The number of hydrogen-bond donors (Lipinski definition) is 0. The van der Waals surface area contributed by atoms with E-state index in [4.69, 9.17) is 0 Å². The van der Waals surface area contributed by atoms with E-state index in [0.717, 1.165) is 0 Å². The summed E-state index contributed by atoms with van der Waals surface area (Å²) in [6, 6.07) is 0. The first-order valence-corrected chi connectivity index (χ1v) is 14.8. The highest BCUT2D eigenvalue weighted by molar-refractivity contribution is 4.99. The van der Waals surface area contributed by atoms with Crippen molar-refractivity contribution in [3.63, 3.8) is 0 Å². The zero-order valence-electron chi connectivity index (χ0n) is 25.5. The molecule has 0 N–H and O–H groups in total. The van der Waals surface area contributed by atoms with Crippen LogP contribution in [0.4, 0.5) is 0 Å². The first kappa shape index (κ1) is 39.4. The first-order chi connectivity index (χ1) is 15.9. The molecule has 0 bridgehead atoms. The summed E-state index contributed by atoms with van der Waals surface area (Å²) >= 11 is 0. The van der Waals surface area contributed by atoms with Crippen molar-refractivity contribution in [3.05, 3.63) is 34.9 Å². The molecule has 0 fully saturated rings. The van der Waals surface area contributed by atoms with Crippen molar-refractivity contribution in [2.75, 3.05) is 0 Å². The van der Waals surface area contributed by atoms with Crippen LogP contribution in [0, 0.1) is 0 Å². The van der Waals surface area contributed by atoms with Gasteiger partial charge in [-0.05, 0) is 65.7 Å². The van der Waals surface area contributed by atoms with E-state index in [-0.39, 0.29) is 0 Å². The van der Waals surface area contributed by atoms with Gasteiger partial charge in [-0.15, -0.1) is 0 Å². The molecule has 0 unspecified atom stereocenters. The molecule has 0 aliphatic heterocycles. The summed E-state index contributed by atoms with van der Waals surface area (Å²) in [6.07, 6.45) is 28.1. The minimum Gasteiger partial charge on any atom is -0.0887 e. The van der Waals surface area contributed by atoms with Crippen LogP contribution in [-0.2, 0) is 0 Å². The van der Waals surface area contributed by atoms with Gasteiger partial charge in [0.1, 0.15) is 0 Å². The maximum Gasteiger partial charge on any atom is -0.0323 e. The van der Waals surface area contributed by atoms with E-state index in [1.165, 1.54) is 114 Å². The van der Waals surface area contributed by atoms with Crippen molar-refractivity contribution < 1.29 is 0 Å². The minimum absolute atomic E-state index is 1.19. The lowest BCUT2D eigenvalue weighted by atomic mass is 10.1. The van der Waals surface area contributed by atoms with Crippen LogP contribution in [-0.4, -0.2) is 0 Å². The zero-order chi connectivity index (χ0) is 26.2. The van der Waals surface area contributed by atoms with Crippen molar-refractivity contribution in [3.8, 4) is 0 Å². The summed E-state index contributed by atoms with van der Waals surface area (Å²) in [5.41, 5.74) is 4.63. The van der Waals surface area contributed by atoms with Crippen LogP contribution in [0.25, 0.3) is 0 Å². The Bertz CT molecular complexity index is 396. The molecule has 0 aromatic rings. The van der Waals surface area contributed by atoms with Gasteiger partial charge in [0.15, 0.2) is 0 Å². The van der Waals surface area contributed by atoms with Crippen molar-refractivity contribution in [2.24, 2.45) is 0 Å². The van der Waals surface area contributed by atoms with Crippen LogP contribution in [0.15, 0.2) is 34.9 Å². The quantitative estimate of drug-likeness (QED) is 0.167. The van der Waals surface area contributed by atoms with Crippen LogP contribution < -0.4 is 0 Å². The lowest BCUT2D eigenvalue weighted by molar-refractivity contribution is 0.602. The van der Waals surface area contributed by atoms with E-state index >= 15 is 0 Å². The molecule has 0 heteroatoms. The number of rotatable bonds is 15. The molecule has 0 heterocycles. The van der Waals surface area contributed by atoms with E-state index in [1.807, 2.05) is 0 Å². The fourth-order valence-corrected chi connectivity index (χ4v) is 2.99. The molecule has 0 aromatic carbocycles. The number of allylic oxidation sites excluding steroid dienone is 6. The molecule has 0 rings (SSSR count). The molecule has 0 nitrogen and oxygen atoms in total. The molecule has 0 amide bonds. The summed E-state index contributed by atoms with van der Waals surface area (Å²) in [5, 5.41) is 0. The van der Waals surface area contributed by atoms with E-state index < -0.39 is 0 Å². The van der Waals surface area contributed by atoms with Gasteiger partial charge in [0.2, 0.25) is 0 Å². The summed E-state index contributed by atoms with van der Waals surface area (Å²) in [5.74, 6) is 0. The van der Waals surface area contributed by atoms with Crippen molar-refractivity contribution >= 4 is 0 Å². The fraction of sp³-hybridized carbons (Fsp3) is 0.818. The first-order valence-electron chi connectivity index (χ1n) is 14.8. The molecular formula is C33H68. The van der Waals surface area contributed by atoms with Crippen molar-refractivity contribution in [1.29, 1.82) is 0 Å². The molecule has 0 aliphatic rings. The third kappa shape index (κ3) is 45.4. The molecule has 0 spiro atoms. The molecule has 0 saturated carbocycles. The predicted octanol–water partition coefficient (Wildman–Crippen LogP) is 13.2. The summed E-state index contributed by atoms with van der Waals surface area (Å²) in [7, 11) is 0. The topological polar surface area (TPSA) is 0 Å². The maximum atomic E-state index is 2.32. The molecule has 200 valence electrons. The van der Waals surface area contributed by atoms with Crippen molar-refractivity contribution in [1.82, 2.24) is 0 Å². The Balaban J connectivity index is -0.000000170. The van der Waals surface area contributed by atoms with Gasteiger partial charge in [0.05, 0.1) is 0 Å². The molecule has 0 aliphatic carbocycles. The highest BCUT2D eigenvalue weighted by Gasteiger charge is 1.86. The molecule has 0 saturated heterocycles. The normalized spacial score (nSPS) is 10.8. The largest absolute Gasteiger partial charge is 0.0887 e. The van der Waals surface area contributed by atoms with Crippen LogP contribution in [0.5, 0.6) is 0 Å². The second-order valence-electron chi connectivity index (χ2n) is 9.18. The molecular weight excluding hydrogens is 396 g/mol. The average Bonchev–Trinajstić information content (AvgIpc) is 2.85.